The number of rotatable bonds is 9. The van der Waals surface area contributed by atoms with E-state index >= 15 is 0 Å². The third-order valence-corrected chi connectivity index (χ3v) is 4.28. The molecule has 0 aliphatic carbocycles. The molecule has 0 saturated carbocycles. The van der Waals surface area contributed by atoms with Gasteiger partial charge in [0, 0.05) is 44.0 Å². The van der Waals surface area contributed by atoms with Crippen LogP contribution in [-0.4, -0.2) is 49.8 Å². The van der Waals surface area contributed by atoms with E-state index < -0.39 is 0 Å². The van der Waals surface area contributed by atoms with E-state index in [0.717, 1.165) is 11.3 Å². The minimum absolute atomic E-state index is 0.0973. The number of carbonyl (C=O) groups excluding carboxylic acids is 3. The third kappa shape index (κ3) is 7.29. The third-order valence-electron chi connectivity index (χ3n) is 4.28. The van der Waals surface area contributed by atoms with E-state index in [4.69, 9.17) is 0 Å². The summed E-state index contributed by atoms with van der Waals surface area (Å²) in [6.45, 7) is 2.50. The quantitative estimate of drug-likeness (QED) is 0.607. The number of hydrogen-bond acceptors (Lipinski definition) is 4. The smallest absolute Gasteiger partial charge is 0.251 e. The summed E-state index contributed by atoms with van der Waals surface area (Å²) in [5.74, 6) is -0.284. The van der Waals surface area contributed by atoms with Gasteiger partial charge in [-0.3, -0.25) is 14.4 Å². The van der Waals surface area contributed by atoms with Crippen molar-refractivity contribution in [3.8, 4) is 0 Å². The van der Waals surface area contributed by atoms with Crippen molar-refractivity contribution >= 4 is 29.1 Å². The van der Waals surface area contributed by atoms with E-state index in [1.165, 1.54) is 0 Å². The minimum Gasteiger partial charge on any atom is -0.376 e. The second-order valence-electron chi connectivity index (χ2n) is 6.83. The number of amides is 3. The lowest BCUT2D eigenvalue weighted by atomic mass is 10.1. The van der Waals surface area contributed by atoms with Crippen LogP contribution in [0.1, 0.15) is 29.3 Å². The van der Waals surface area contributed by atoms with Gasteiger partial charge in [-0.15, -0.1) is 0 Å². The van der Waals surface area contributed by atoms with Gasteiger partial charge in [0.05, 0.1) is 6.54 Å². The Labute approximate surface area is 171 Å². The van der Waals surface area contributed by atoms with Crippen molar-refractivity contribution in [2.45, 2.75) is 19.8 Å². The van der Waals surface area contributed by atoms with E-state index in [9.17, 15) is 14.4 Å². The molecular formula is C22H28N4O3. The van der Waals surface area contributed by atoms with Crippen molar-refractivity contribution in [1.29, 1.82) is 0 Å². The highest BCUT2D eigenvalue weighted by atomic mass is 16.2. The van der Waals surface area contributed by atoms with Crippen LogP contribution in [-0.2, 0) is 16.0 Å². The second kappa shape index (κ2) is 10.8. The summed E-state index contributed by atoms with van der Waals surface area (Å²) >= 11 is 0. The normalized spacial score (nSPS) is 10.2. The fraction of sp³-hybridized carbons (Fsp3) is 0.318. The number of aryl methyl sites for hydroxylation is 1. The lowest BCUT2D eigenvalue weighted by molar-refractivity contribution is -0.128. The average Bonchev–Trinajstić information content (AvgIpc) is 2.71. The molecule has 0 unspecified atom stereocenters. The first-order chi connectivity index (χ1) is 13.9. The number of benzene rings is 2. The molecule has 2 aromatic carbocycles. The molecule has 154 valence electrons. The van der Waals surface area contributed by atoms with Crippen molar-refractivity contribution in [3.63, 3.8) is 0 Å². The Morgan fingerprint density at radius 1 is 0.966 bits per heavy atom. The zero-order valence-electron chi connectivity index (χ0n) is 17.1. The first-order valence-corrected chi connectivity index (χ1v) is 9.60. The van der Waals surface area contributed by atoms with Crippen LogP contribution in [0.15, 0.2) is 48.5 Å². The Kier molecular flexibility index (Phi) is 8.21. The monoisotopic (exact) mass is 396 g/mol. The Morgan fingerprint density at radius 2 is 1.69 bits per heavy atom. The Bertz CT molecular complexity index is 847. The van der Waals surface area contributed by atoms with Crippen LogP contribution >= 0.6 is 0 Å². The molecule has 0 saturated heterocycles. The van der Waals surface area contributed by atoms with Crippen LogP contribution in [0.2, 0.25) is 0 Å². The second-order valence-corrected chi connectivity index (χ2v) is 6.83. The van der Waals surface area contributed by atoms with E-state index in [2.05, 4.69) is 16.0 Å². The average molecular weight is 396 g/mol. The summed E-state index contributed by atoms with van der Waals surface area (Å²) in [5.41, 5.74) is 2.96. The molecule has 0 aliphatic rings. The minimum atomic E-state index is -0.210. The van der Waals surface area contributed by atoms with Crippen LogP contribution in [0.3, 0.4) is 0 Å². The van der Waals surface area contributed by atoms with Gasteiger partial charge in [-0.05, 0) is 49.2 Å². The van der Waals surface area contributed by atoms with Crippen LogP contribution in [0.4, 0.5) is 11.4 Å². The maximum Gasteiger partial charge on any atom is 0.251 e. The van der Waals surface area contributed by atoms with Crippen LogP contribution in [0.5, 0.6) is 0 Å². The fourth-order valence-corrected chi connectivity index (χ4v) is 2.65. The molecule has 0 spiro atoms. The molecule has 0 radical (unpaired) electrons. The predicted octanol–water partition coefficient (Wildman–Crippen LogP) is 2.51. The highest BCUT2D eigenvalue weighted by Gasteiger charge is 2.08. The molecule has 0 aromatic heterocycles. The largest absolute Gasteiger partial charge is 0.376 e. The molecule has 0 fully saturated rings. The molecule has 2 aromatic rings. The molecule has 7 heteroatoms. The maximum atomic E-state index is 12.2. The molecule has 3 N–H and O–H groups in total. The number of hydrogen-bond donors (Lipinski definition) is 3. The van der Waals surface area contributed by atoms with E-state index in [1.807, 2.05) is 31.2 Å². The van der Waals surface area contributed by atoms with Crippen LogP contribution in [0, 0.1) is 0 Å². The van der Waals surface area contributed by atoms with Crippen LogP contribution < -0.4 is 16.0 Å². The molecular weight excluding hydrogens is 368 g/mol. The van der Waals surface area contributed by atoms with Gasteiger partial charge in [0.15, 0.2) is 0 Å². The van der Waals surface area contributed by atoms with Crippen molar-refractivity contribution in [2.75, 3.05) is 37.8 Å². The van der Waals surface area contributed by atoms with Gasteiger partial charge in [-0.25, -0.2) is 0 Å². The maximum absolute atomic E-state index is 12.2. The number of nitrogens with one attached hydrogen (secondary N) is 3. The summed E-state index contributed by atoms with van der Waals surface area (Å²) in [5, 5.41) is 8.58. The van der Waals surface area contributed by atoms with E-state index in [1.54, 1.807) is 43.3 Å². The fourth-order valence-electron chi connectivity index (χ4n) is 2.65. The predicted molar refractivity (Wildman–Crippen MR) is 115 cm³/mol. The van der Waals surface area contributed by atoms with Gasteiger partial charge in [0.25, 0.3) is 5.91 Å². The van der Waals surface area contributed by atoms with Gasteiger partial charge in [-0.1, -0.05) is 18.2 Å². The Balaban J connectivity index is 1.82. The van der Waals surface area contributed by atoms with Gasteiger partial charge < -0.3 is 20.9 Å². The van der Waals surface area contributed by atoms with Gasteiger partial charge in [-0.2, -0.15) is 0 Å². The van der Waals surface area contributed by atoms with Gasteiger partial charge in [0.2, 0.25) is 11.8 Å². The highest BCUT2D eigenvalue weighted by Crippen LogP contribution is 2.13. The summed E-state index contributed by atoms with van der Waals surface area (Å²) in [6.07, 6.45) is 1.15. The van der Waals surface area contributed by atoms with Crippen molar-refractivity contribution in [3.05, 3.63) is 59.7 Å². The van der Waals surface area contributed by atoms with Crippen LogP contribution in [0.25, 0.3) is 0 Å². The van der Waals surface area contributed by atoms with E-state index in [-0.39, 0.29) is 24.3 Å². The molecule has 0 heterocycles. The molecule has 2 rings (SSSR count). The summed E-state index contributed by atoms with van der Waals surface area (Å²) in [6, 6.07) is 14.5. The zero-order chi connectivity index (χ0) is 21.2. The summed E-state index contributed by atoms with van der Waals surface area (Å²) in [7, 11) is 3.49. The number of nitrogens with zero attached hydrogens (tertiary/aromatic N) is 1. The Morgan fingerprint density at radius 3 is 2.34 bits per heavy atom. The van der Waals surface area contributed by atoms with Crippen molar-refractivity contribution in [2.24, 2.45) is 0 Å². The Hall–Kier alpha value is -3.35. The van der Waals surface area contributed by atoms with Gasteiger partial charge in [0.1, 0.15) is 0 Å². The standard InChI is InChI=1S/C22H28N4O3/c1-4-23-22(29)17-6-5-7-19(14-17)25-20(27)15-24-18-11-8-16(9-12-18)10-13-21(28)26(2)3/h5-9,11-12,14,24H,4,10,13,15H2,1-3H3,(H,23,29)(H,25,27). The lowest BCUT2D eigenvalue weighted by Gasteiger charge is -2.11. The van der Waals surface area contributed by atoms with Crippen molar-refractivity contribution in [1.82, 2.24) is 10.2 Å². The molecule has 0 bridgehead atoms. The molecule has 3 amide bonds. The van der Waals surface area contributed by atoms with Crippen molar-refractivity contribution < 1.29 is 14.4 Å². The zero-order valence-corrected chi connectivity index (χ0v) is 17.1. The van der Waals surface area contributed by atoms with E-state index in [0.29, 0.717) is 30.6 Å². The first kappa shape index (κ1) is 21.9. The summed E-state index contributed by atoms with van der Waals surface area (Å²) < 4.78 is 0. The van der Waals surface area contributed by atoms with Gasteiger partial charge >= 0.3 is 0 Å². The molecule has 29 heavy (non-hydrogen) atoms. The summed E-state index contributed by atoms with van der Waals surface area (Å²) in [4.78, 5) is 37.3. The molecule has 7 nitrogen and oxygen atoms in total. The highest BCUT2D eigenvalue weighted by molar-refractivity contribution is 5.98. The number of carbonyl (C=O) groups is 3. The lowest BCUT2D eigenvalue weighted by Crippen LogP contribution is -2.24. The SMILES string of the molecule is CCNC(=O)c1cccc(NC(=O)CNc2ccc(CCC(=O)N(C)C)cc2)c1. The molecule has 0 aliphatic heterocycles. The number of anilines is 2. The molecule has 0 atom stereocenters. The first-order valence-electron chi connectivity index (χ1n) is 9.60. The topological polar surface area (TPSA) is 90.5 Å².